The smallest absolute Gasteiger partial charge is 0.0931 e. The van der Waals surface area contributed by atoms with Crippen LogP contribution in [-0.2, 0) is 0 Å². The van der Waals surface area contributed by atoms with E-state index in [1.165, 1.54) is 31.4 Å². The maximum Gasteiger partial charge on any atom is 0.0931 e. The lowest BCUT2D eigenvalue weighted by atomic mass is 10.2. The molecule has 18 heavy (non-hydrogen) atoms. The topological polar surface area (TPSA) is 36.4 Å². The first-order valence-electron chi connectivity index (χ1n) is 7.08. The maximum atomic E-state index is 9.46. The van der Waals surface area contributed by atoms with Gasteiger partial charge in [0.2, 0.25) is 0 Å². The number of aliphatic hydroxyl groups is 1. The van der Waals surface area contributed by atoms with E-state index in [4.69, 9.17) is 0 Å². The molecule has 3 nitrogen and oxygen atoms in total. The van der Waals surface area contributed by atoms with Crippen LogP contribution in [0.2, 0.25) is 0 Å². The molecule has 0 radical (unpaired) electrons. The van der Waals surface area contributed by atoms with Gasteiger partial charge in [-0.25, -0.2) is 0 Å². The Morgan fingerprint density at radius 1 is 1.17 bits per heavy atom. The molecule has 0 aliphatic rings. The summed E-state index contributed by atoms with van der Waals surface area (Å²) in [6.07, 6.45) is 6.24. The molecule has 1 heterocycles. The minimum atomic E-state index is -0.487. The molecule has 0 aromatic carbocycles. The summed E-state index contributed by atoms with van der Waals surface area (Å²) in [4.78, 5) is 6.72. The van der Waals surface area contributed by atoms with Crippen molar-refractivity contribution >= 4 is 5.69 Å². The second kappa shape index (κ2) is 8.09. The van der Waals surface area contributed by atoms with Crippen molar-refractivity contribution in [2.45, 2.75) is 52.6 Å². The van der Waals surface area contributed by atoms with E-state index in [9.17, 15) is 5.11 Å². The Hall–Kier alpha value is -1.09. The van der Waals surface area contributed by atoms with Crippen molar-refractivity contribution < 1.29 is 5.11 Å². The summed E-state index contributed by atoms with van der Waals surface area (Å²) < 4.78 is 0. The Balaban J connectivity index is 2.70. The second-order valence-electron chi connectivity index (χ2n) is 4.81. The van der Waals surface area contributed by atoms with Crippen LogP contribution in [0.4, 0.5) is 5.69 Å². The van der Waals surface area contributed by atoms with Gasteiger partial charge in [0, 0.05) is 13.1 Å². The first-order valence-corrected chi connectivity index (χ1v) is 7.08. The summed E-state index contributed by atoms with van der Waals surface area (Å²) in [6.45, 7) is 8.35. The van der Waals surface area contributed by atoms with Crippen LogP contribution in [0.25, 0.3) is 0 Å². The lowest BCUT2D eigenvalue weighted by molar-refractivity contribution is 0.194. The summed E-state index contributed by atoms with van der Waals surface area (Å²) in [6, 6.07) is 3.99. The fraction of sp³-hybridized carbons (Fsp3) is 0.667. The first kappa shape index (κ1) is 15.0. The van der Waals surface area contributed by atoms with Crippen molar-refractivity contribution in [2.24, 2.45) is 0 Å². The van der Waals surface area contributed by atoms with Gasteiger partial charge in [-0.1, -0.05) is 26.7 Å². The van der Waals surface area contributed by atoms with Gasteiger partial charge in [0.05, 0.1) is 23.7 Å². The molecule has 0 fully saturated rings. The fourth-order valence-electron chi connectivity index (χ4n) is 1.90. The molecule has 1 rings (SSSR count). The molecule has 0 bridgehead atoms. The molecule has 0 aliphatic heterocycles. The van der Waals surface area contributed by atoms with Crippen LogP contribution in [0.15, 0.2) is 18.3 Å². The number of aliphatic hydroxyl groups excluding tert-OH is 1. The third-order valence-corrected chi connectivity index (χ3v) is 3.13. The van der Waals surface area contributed by atoms with Crippen LogP contribution in [-0.4, -0.2) is 23.2 Å². The average Bonchev–Trinajstić information content (AvgIpc) is 2.39. The van der Waals surface area contributed by atoms with E-state index in [0.717, 1.165) is 18.8 Å². The van der Waals surface area contributed by atoms with E-state index >= 15 is 0 Å². The van der Waals surface area contributed by atoms with E-state index in [-0.39, 0.29) is 0 Å². The SMILES string of the molecule is CCCCN(CCCC)c1ccc(C(C)O)nc1. The zero-order valence-electron chi connectivity index (χ0n) is 11.9. The van der Waals surface area contributed by atoms with Gasteiger partial charge in [-0.2, -0.15) is 0 Å². The average molecular weight is 250 g/mol. The van der Waals surface area contributed by atoms with Crippen molar-refractivity contribution in [3.63, 3.8) is 0 Å². The normalized spacial score (nSPS) is 12.4. The molecular weight excluding hydrogens is 224 g/mol. The van der Waals surface area contributed by atoms with Crippen LogP contribution in [0, 0.1) is 0 Å². The van der Waals surface area contributed by atoms with Gasteiger partial charge < -0.3 is 10.0 Å². The Morgan fingerprint density at radius 2 is 1.78 bits per heavy atom. The zero-order valence-corrected chi connectivity index (χ0v) is 11.9. The lowest BCUT2D eigenvalue weighted by Crippen LogP contribution is -2.25. The zero-order chi connectivity index (χ0) is 13.4. The molecule has 0 amide bonds. The Kier molecular flexibility index (Phi) is 6.73. The van der Waals surface area contributed by atoms with Crippen molar-refractivity contribution in [1.29, 1.82) is 0 Å². The summed E-state index contributed by atoms with van der Waals surface area (Å²) in [5, 5.41) is 9.46. The summed E-state index contributed by atoms with van der Waals surface area (Å²) >= 11 is 0. The molecular formula is C15H26N2O. The number of aromatic nitrogens is 1. The molecule has 3 heteroatoms. The van der Waals surface area contributed by atoms with Gasteiger partial charge in [-0.15, -0.1) is 0 Å². The van der Waals surface area contributed by atoms with Crippen LogP contribution in [0.3, 0.4) is 0 Å². The first-order chi connectivity index (χ1) is 8.69. The molecule has 0 saturated carbocycles. The molecule has 1 aromatic heterocycles. The highest BCUT2D eigenvalue weighted by Crippen LogP contribution is 2.17. The summed E-state index contributed by atoms with van der Waals surface area (Å²) in [5.41, 5.74) is 1.91. The number of rotatable bonds is 8. The minimum Gasteiger partial charge on any atom is -0.387 e. The Bertz CT molecular complexity index is 314. The molecule has 1 N–H and O–H groups in total. The van der Waals surface area contributed by atoms with E-state index in [1.54, 1.807) is 6.92 Å². The minimum absolute atomic E-state index is 0.487. The van der Waals surface area contributed by atoms with Gasteiger partial charge in [0.1, 0.15) is 0 Å². The van der Waals surface area contributed by atoms with E-state index < -0.39 is 6.10 Å². The number of hydrogen-bond donors (Lipinski definition) is 1. The Labute approximate surface area is 111 Å². The Morgan fingerprint density at radius 3 is 2.17 bits per heavy atom. The van der Waals surface area contributed by atoms with Crippen molar-refractivity contribution in [3.05, 3.63) is 24.0 Å². The predicted octanol–water partition coefficient (Wildman–Crippen LogP) is 3.54. The van der Waals surface area contributed by atoms with Crippen LogP contribution >= 0.6 is 0 Å². The molecule has 0 aliphatic carbocycles. The quantitative estimate of drug-likeness (QED) is 0.766. The number of anilines is 1. The van der Waals surface area contributed by atoms with Gasteiger partial charge >= 0.3 is 0 Å². The highest BCUT2D eigenvalue weighted by Gasteiger charge is 2.07. The third-order valence-electron chi connectivity index (χ3n) is 3.13. The molecule has 1 unspecified atom stereocenters. The molecule has 102 valence electrons. The highest BCUT2D eigenvalue weighted by atomic mass is 16.3. The summed E-state index contributed by atoms with van der Waals surface area (Å²) in [7, 11) is 0. The third kappa shape index (κ3) is 4.65. The molecule has 0 saturated heterocycles. The number of unbranched alkanes of at least 4 members (excludes halogenated alkanes) is 2. The van der Waals surface area contributed by atoms with Gasteiger partial charge in [0.15, 0.2) is 0 Å². The largest absolute Gasteiger partial charge is 0.387 e. The highest BCUT2D eigenvalue weighted by molar-refractivity contribution is 5.44. The van der Waals surface area contributed by atoms with E-state index in [1.807, 2.05) is 12.3 Å². The second-order valence-corrected chi connectivity index (χ2v) is 4.81. The van der Waals surface area contributed by atoms with Crippen LogP contribution in [0.1, 0.15) is 58.3 Å². The number of nitrogens with zero attached hydrogens (tertiary/aromatic N) is 2. The summed E-state index contributed by atoms with van der Waals surface area (Å²) in [5.74, 6) is 0. The van der Waals surface area contributed by atoms with E-state index in [0.29, 0.717) is 0 Å². The fourth-order valence-corrected chi connectivity index (χ4v) is 1.90. The van der Waals surface area contributed by atoms with Crippen molar-refractivity contribution in [3.8, 4) is 0 Å². The lowest BCUT2D eigenvalue weighted by Gasteiger charge is -2.24. The van der Waals surface area contributed by atoms with Gasteiger partial charge in [-0.05, 0) is 31.9 Å². The van der Waals surface area contributed by atoms with Crippen LogP contribution < -0.4 is 4.90 Å². The van der Waals surface area contributed by atoms with E-state index in [2.05, 4.69) is 29.8 Å². The maximum absolute atomic E-state index is 9.46. The molecule has 1 aromatic rings. The molecule has 0 spiro atoms. The standard InChI is InChI=1S/C15H26N2O/c1-4-6-10-17(11-7-5-2)14-8-9-15(13(3)18)16-12-14/h8-9,12-13,18H,4-7,10-11H2,1-3H3. The van der Waals surface area contributed by atoms with Crippen LogP contribution in [0.5, 0.6) is 0 Å². The monoisotopic (exact) mass is 250 g/mol. The molecule has 1 atom stereocenters. The van der Waals surface area contributed by atoms with Crippen molar-refractivity contribution in [2.75, 3.05) is 18.0 Å². The van der Waals surface area contributed by atoms with Gasteiger partial charge in [0.25, 0.3) is 0 Å². The van der Waals surface area contributed by atoms with Crippen molar-refractivity contribution in [1.82, 2.24) is 4.98 Å². The number of pyridine rings is 1. The predicted molar refractivity (Wildman–Crippen MR) is 76.9 cm³/mol. The number of hydrogen-bond acceptors (Lipinski definition) is 3. The van der Waals surface area contributed by atoms with Gasteiger partial charge in [-0.3, -0.25) is 4.98 Å².